The number of aryl methyl sites for hydroxylation is 2. The van der Waals surface area contributed by atoms with Crippen molar-refractivity contribution in [1.29, 1.82) is 0 Å². The Morgan fingerprint density at radius 3 is 2.72 bits per heavy atom. The Balaban J connectivity index is 2.19. The molecule has 0 atom stereocenters. The Labute approximate surface area is 114 Å². The maximum atomic E-state index is 13.2. The van der Waals surface area contributed by atoms with Gasteiger partial charge in [-0.25, -0.2) is 4.39 Å². The number of halogens is 2. The van der Waals surface area contributed by atoms with Gasteiger partial charge in [0.1, 0.15) is 5.82 Å². The number of aromatic nitrogens is 2. The van der Waals surface area contributed by atoms with Crippen molar-refractivity contribution in [3.8, 4) is 0 Å². The predicted molar refractivity (Wildman–Crippen MR) is 74.1 cm³/mol. The zero-order valence-electron chi connectivity index (χ0n) is 10.6. The molecule has 1 aromatic carbocycles. The van der Waals surface area contributed by atoms with Gasteiger partial charge in [0.2, 0.25) is 0 Å². The second-order valence-electron chi connectivity index (χ2n) is 4.25. The zero-order chi connectivity index (χ0) is 13.3. The molecule has 0 radical (unpaired) electrons. The van der Waals surface area contributed by atoms with E-state index in [0.717, 1.165) is 27.1 Å². The molecule has 0 aliphatic carbocycles. The highest BCUT2D eigenvalue weighted by molar-refractivity contribution is 9.10. The lowest BCUT2D eigenvalue weighted by Gasteiger charge is -2.09. The van der Waals surface area contributed by atoms with E-state index in [-0.39, 0.29) is 5.82 Å². The molecule has 96 valence electrons. The van der Waals surface area contributed by atoms with Crippen LogP contribution < -0.4 is 5.32 Å². The van der Waals surface area contributed by atoms with Gasteiger partial charge < -0.3 is 5.32 Å². The summed E-state index contributed by atoms with van der Waals surface area (Å²) >= 11 is 3.40. The van der Waals surface area contributed by atoms with Crippen molar-refractivity contribution in [3.63, 3.8) is 0 Å². The van der Waals surface area contributed by atoms with Crippen LogP contribution in [-0.2, 0) is 13.6 Å². The minimum absolute atomic E-state index is 0.250. The molecule has 1 heterocycles. The lowest BCUT2D eigenvalue weighted by Crippen LogP contribution is -2.03. The number of rotatable bonds is 3. The third kappa shape index (κ3) is 2.56. The summed E-state index contributed by atoms with van der Waals surface area (Å²) in [5, 5.41) is 7.58. The van der Waals surface area contributed by atoms with E-state index in [1.807, 2.05) is 25.6 Å². The minimum Gasteiger partial charge on any atom is -0.380 e. The Morgan fingerprint density at radius 2 is 2.11 bits per heavy atom. The number of benzene rings is 1. The third-order valence-corrected chi connectivity index (χ3v) is 3.73. The quantitative estimate of drug-likeness (QED) is 0.939. The second-order valence-corrected chi connectivity index (χ2v) is 5.11. The molecule has 3 nitrogen and oxygen atoms in total. The molecular formula is C13H15BrFN3. The largest absolute Gasteiger partial charge is 0.380 e. The second kappa shape index (κ2) is 5.10. The Morgan fingerprint density at radius 1 is 1.39 bits per heavy atom. The van der Waals surface area contributed by atoms with Crippen LogP contribution in [0.5, 0.6) is 0 Å². The van der Waals surface area contributed by atoms with E-state index >= 15 is 0 Å². The van der Waals surface area contributed by atoms with Gasteiger partial charge in [0.25, 0.3) is 0 Å². The van der Waals surface area contributed by atoms with Crippen molar-refractivity contribution in [1.82, 2.24) is 9.78 Å². The first kappa shape index (κ1) is 13.1. The van der Waals surface area contributed by atoms with Crippen molar-refractivity contribution < 1.29 is 4.39 Å². The minimum atomic E-state index is -0.250. The average molecular weight is 312 g/mol. The summed E-state index contributed by atoms with van der Waals surface area (Å²) in [6.45, 7) is 4.63. The SMILES string of the molecule is Cc1nn(C)c(C)c1CNc1cc(F)ccc1Br. The standard InChI is InChI=1S/C13H15BrFN3/c1-8-11(9(2)18(3)17-8)7-16-13-6-10(15)4-5-12(13)14/h4-6,16H,7H2,1-3H3. The van der Waals surface area contributed by atoms with E-state index in [1.165, 1.54) is 12.1 Å². The van der Waals surface area contributed by atoms with Crippen LogP contribution in [0.25, 0.3) is 0 Å². The molecule has 0 saturated heterocycles. The first-order valence-electron chi connectivity index (χ1n) is 5.67. The van der Waals surface area contributed by atoms with E-state index in [1.54, 1.807) is 6.07 Å². The first-order valence-corrected chi connectivity index (χ1v) is 6.46. The van der Waals surface area contributed by atoms with Crippen molar-refractivity contribution in [2.75, 3.05) is 5.32 Å². The summed E-state index contributed by atoms with van der Waals surface area (Å²) in [6.07, 6.45) is 0. The highest BCUT2D eigenvalue weighted by Gasteiger charge is 2.09. The molecule has 0 amide bonds. The highest BCUT2D eigenvalue weighted by Crippen LogP contribution is 2.24. The van der Waals surface area contributed by atoms with Crippen molar-refractivity contribution in [3.05, 3.63) is 45.4 Å². The van der Waals surface area contributed by atoms with E-state index in [2.05, 4.69) is 26.3 Å². The Bertz CT molecular complexity index is 578. The topological polar surface area (TPSA) is 29.9 Å². The van der Waals surface area contributed by atoms with Gasteiger partial charge in [0.15, 0.2) is 0 Å². The van der Waals surface area contributed by atoms with E-state index in [0.29, 0.717) is 6.54 Å². The fourth-order valence-electron chi connectivity index (χ4n) is 1.89. The van der Waals surface area contributed by atoms with Gasteiger partial charge in [0, 0.05) is 29.3 Å². The molecule has 0 spiro atoms. The highest BCUT2D eigenvalue weighted by atomic mass is 79.9. The fraction of sp³-hybridized carbons (Fsp3) is 0.308. The van der Waals surface area contributed by atoms with E-state index in [4.69, 9.17) is 0 Å². The number of hydrogen-bond donors (Lipinski definition) is 1. The van der Waals surface area contributed by atoms with Crippen molar-refractivity contribution >= 4 is 21.6 Å². The Hall–Kier alpha value is -1.36. The number of hydrogen-bond acceptors (Lipinski definition) is 2. The third-order valence-electron chi connectivity index (χ3n) is 3.04. The van der Waals surface area contributed by atoms with Crippen molar-refractivity contribution in [2.45, 2.75) is 20.4 Å². The summed E-state index contributed by atoms with van der Waals surface area (Å²) in [6, 6.07) is 4.60. The molecule has 0 bridgehead atoms. The van der Waals surface area contributed by atoms with Crippen LogP contribution in [0.15, 0.2) is 22.7 Å². The van der Waals surface area contributed by atoms with Crippen LogP contribution in [-0.4, -0.2) is 9.78 Å². The molecule has 2 aromatic rings. The van der Waals surface area contributed by atoms with E-state index in [9.17, 15) is 4.39 Å². The van der Waals surface area contributed by atoms with Gasteiger partial charge in [-0.3, -0.25) is 4.68 Å². The molecule has 5 heteroatoms. The normalized spacial score (nSPS) is 10.7. The molecule has 0 aliphatic heterocycles. The van der Waals surface area contributed by atoms with Crippen LogP contribution in [0.3, 0.4) is 0 Å². The van der Waals surface area contributed by atoms with Crippen LogP contribution in [0.1, 0.15) is 17.0 Å². The molecule has 2 rings (SSSR count). The van der Waals surface area contributed by atoms with Gasteiger partial charge >= 0.3 is 0 Å². The van der Waals surface area contributed by atoms with Gasteiger partial charge in [-0.05, 0) is 48.0 Å². The van der Waals surface area contributed by atoms with E-state index < -0.39 is 0 Å². The number of anilines is 1. The maximum Gasteiger partial charge on any atom is 0.125 e. The molecule has 0 unspecified atom stereocenters. The zero-order valence-corrected chi connectivity index (χ0v) is 12.2. The van der Waals surface area contributed by atoms with Crippen molar-refractivity contribution in [2.24, 2.45) is 7.05 Å². The van der Waals surface area contributed by atoms with Crippen LogP contribution in [0.2, 0.25) is 0 Å². The van der Waals surface area contributed by atoms with Crippen LogP contribution in [0, 0.1) is 19.7 Å². The predicted octanol–water partition coefficient (Wildman–Crippen LogP) is 3.55. The van der Waals surface area contributed by atoms with Gasteiger partial charge in [0.05, 0.1) is 11.4 Å². The smallest absolute Gasteiger partial charge is 0.125 e. The fourth-order valence-corrected chi connectivity index (χ4v) is 2.28. The molecular weight excluding hydrogens is 297 g/mol. The van der Waals surface area contributed by atoms with Crippen LogP contribution >= 0.6 is 15.9 Å². The number of nitrogens with zero attached hydrogens (tertiary/aromatic N) is 2. The summed E-state index contributed by atoms with van der Waals surface area (Å²) in [5.74, 6) is -0.250. The van der Waals surface area contributed by atoms with Crippen LogP contribution in [0.4, 0.5) is 10.1 Å². The van der Waals surface area contributed by atoms with Gasteiger partial charge in [-0.2, -0.15) is 5.10 Å². The Kier molecular flexibility index (Phi) is 3.71. The van der Waals surface area contributed by atoms with Gasteiger partial charge in [-0.1, -0.05) is 0 Å². The first-order chi connectivity index (χ1) is 8.49. The molecule has 1 aromatic heterocycles. The monoisotopic (exact) mass is 311 g/mol. The summed E-state index contributed by atoms with van der Waals surface area (Å²) in [5.41, 5.74) is 4.01. The lowest BCUT2D eigenvalue weighted by molar-refractivity contribution is 0.628. The molecule has 0 saturated carbocycles. The summed E-state index contributed by atoms with van der Waals surface area (Å²) < 4.78 is 15.9. The molecule has 0 aliphatic rings. The number of nitrogens with one attached hydrogen (secondary N) is 1. The maximum absolute atomic E-state index is 13.2. The molecule has 1 N–H and O–H groups in total. The van der Waals surface area contributed by atoms with Gasteiger partial charge in [-0.15, -0.1) is 0 Å². The lowest BCUT2D eigenvalue weighted by atomic mass is 10.2. The molecule has 0 fully saturated rings. The summed E-state index contributed by atoms with van der Waals surface area (Å²) in [4.78, 5) is 0. The molecule has 18 heavy (non-hydrogen) atoms. The summed E-state index contributed by atoms with van der Waals surface area (Å²) in [7, 11) is 1.92. The average Bonchev–Trinajstić information content (AvgIpc) is 2.55.